The van der Waals surface area contributed by atoms with Gasteiger partial charge < -0.3 is 20.1 Å². The largest absolute Gasteiger partial charge is 0.486 e. The molecule has 116 valence electrons. The minimum absolute atomic E-state index is 0.603. The molecule has 1 saturated heterocycles. The zero-order valence-electron chi connectivity index (χ0n) is 13.1. The Balaban J connectivity index is 1.80. The number of ether oxygens (including phenoxy) is 2. The molecule has 4 nitrogen and oxygen atoms in total. The Morgan fingerprint density at radius 1 is 1.10 bits per heavy atom. The van der Waals surface area contributed by atoms with Crippen molar-refractivity contribution in [1.29, 1.82) is 0 Å². The van der Waals surface area contributed by atoms with Gasteiger partial charge in [-0.3, -0.25) is 0 Å². The molecule has 2 N–H and O–H groups in total. The van der Waals surface area contributed by atoms with Gasteiger partial charge in [0.2, 0.25) is 0 Å². The van der Waals surface area contributed by atoms with Crippen molar-refractivity contribution in [2.75, 3.05) is 36.9 Å². The van der Waals surface area contributed by atoms with Crippen LogP contribution in [-0.4, -0.2) is 26.3 Å². The number of nitrogens with zero attached hydrogens (tertiary/aromatic N) is 1. The van der Waals surface area contributed by atoms with Crippen LogP contribution in [0.1, 0.15) is 33.1 Å². The second-order valence-electron chi connectivity index (χ2n) is 6.48. The van der Waals surface area contributed by atoms with Crippen LogP contribution in [0.25, 0.3) is 0 Å². The molecular formula is C17H26N2O2. The van der Waals surface area contributed by atoms with E-state index >= 15 is 0 Å². The fourth-order valence-electron chi connectivity index (χ4n) is 3.40. The van der Waals surface area contributed by atoms with Gasteiger partial charge in [0.25, 0.3) is 0 Å². The number of hydrogen-bond donors (Lipinski definition) is 1. The third-order valence-electron chi connectivity index (χ3n) is 4.75. The van der Waals surface area contributed by atoms with Crippen LogP contribution in [0.3, 0.4) is 0 Å². The van der Waals surface area contributed by atoms with Crippen LogP contribution in [0.4, 0.5) is 11.4 Å². The lowest BCUT2D eigenvalue weighted by atomic mass is 9.89. The molecule has 0 aliphatic carbocycles. The quantitative estimate of drug-likeness (QED) is 0.849. The molecule has 2 aliphatic heterocycles. The Morgan fingerprint density at radius 3 is 2.52 bits per heavy atom. The molecule has 1 aromatic rings. The van der Waals surface area contributed by atoms with Crippen molar-refractivity contribution in [3.63, 3.8) is 0 Å². The van der Waals surface area contributed by atoms with Crippen molar-refractivity contribution in [2.45, 2.75) is 33.1 Å². The molecule has 0 spiro atoms. The molecule has 2 heterocycles. The summed E-state index contributed by atoms with van der Waals surface area (Å²) in [4.78, 5) is 2.41. The van der Waals surface area contributed by atoms with Crippen LogP contribution < -0.4 is 20.1 Å². The molecule has 4 heteroatoms. The standard InChI is InChI=1S/C17H26N2O2/c1-12(2)13-4-3-6-19(7-5-13)15-11-17-16(10-14(15)18)20-8-9-21-17/h10-13H,3-9,18H2,1-2H3. The topological polar surface area (TPSA) is 47.7 Å². The minimum Gasteiger partial charge on any atom is -0.486 e. The summed E-state index contributed by atoms with van der Waals surface area (Å²) < 4.78 is 11.3. The maximum absolute atomic E-state index is 6.24. The van der Waals surface area contributed by atoms with Crippen molar-refractivity contribution >= 4 is 11.4 Å². The van der Waals surface area contributed by atoms with Crippen LogP contribution >= 0.6 is 0 Å². The highest BCUT2D eigenvalue weighted by atomic mass is 16.6. The monoisotopic (exact) mass is 290 g/mol. The van der Waals surface area contributed by atoms with Crippen molar-refractivity contribution < 1.29 is 9.47 Å². The fraction of sp³-hybridized carbons (Fsp3) is 0.647. The zero-order valence-corrected chi connectivity index (χ0v) is 13.1. The molecular weight excluding hydrogens is 264 g/mol. The first-order chi connectivity index (χ1) is 10.1. The number of hydrogen-bond acceptors (Lipinski definition) is 4. The van der Waals surface area contributed by atoms with E-state index in [0.717, 1.165) is 47.8 Å². The number of rotatable bonds is 2. The summed E-state index contributed by atoms with van der Waals surface area (Å²) in [7, 11) is 0. The lowest BCUT2D eigenvalue weighted by Gasteiger charge is -2.27. The highest BCUT2D eigenvalue weighted by Crippen LogP contribution is 2.39. The van der Waals surface area contributed by atoms with E-state index in [1.807, 2.05) is 6.07 Å². The Bertz CT molecular complexity index is 502. The third kappa shape index (κ3) is 3.04. The molecule has 3 rings (SSSR count). The molecule has 21 heavy (non-hydrogen) atoms. The highest BCUT2D eigenvalue weighted by Gasteiger charge is 2.22. The lowest BCUT2D eigenvalue weighted by molar-refractivity contribution is 0.172. The van der Waals surface area contributed by atoms with Gasteiger partial charge in [-0.25, -0.2) is 0 Å². The molecule has 0 amide bonds. The number of nitrogens with two attached hydrogens (primary N) is 1. The van der Waals surface area contributed by atoms with Gasteiger partial charge in [-0.2, -0.15) is 0 Å². The van der Waals surface area contributed by atoms with Crippen LogP contribution in [0.2, 0.25) is 0 Å². The van der Waals surface area contributed by atoms with Gasteiger partial charge in [-0.05, 0) is 31.1 Å². The first-order valence-electron chi connectivity index (χ1n) is 8.09. The number of anilines is 2. The summed E-state index contributed by atoms with van der Waals surface area (Å²) in [6, 6.07) is 3.97. The van der Waals surface area contributed by atoms with Gasteiger partial charge in [-0.15, -0.1) is 0 Å². The van der Waals surface area contributed by atoms with Crippen LogP contribution in [0.5, 0.6) is 11.5 Å². The second-order valence-corrected chi connectivity index (χ2v) is 6.48. The molecule has 1 atom stereocenters. The maximum atomic E-state index is 6.24. The van der Waals surface area contributed by atoms with Crippen molar-refractivity contribution in [1.82, 2.24) is 0 Å². The Labute approximate surface area is 127 Å². The Kier molecular flexibility index (Phi) is 4.13. The Hall–Kier alpha value is -1.58. The minimum atomic E-state index is 0.603. The van der Waals surface area contributed by atoms with E-state index in [4.69, 9.17) is 15.2 Å². The molecule has 0 saturated carbocycles. The normalized spacial score (nSPS) is 22.2. The van der Waals surface area contributed by atoms with E-state index in [9.17, 15) is 0 Å². The zero-order chi connectivity index (χ0) is 14.8. The summed E-state index contributed by atoms with van der Waals surface area (Å²) in [5.41, 5.74) is 8.14. The molecule has 1 fully saturated rings. The van der Waals surface area contributed by atoms with Crippen molar-refractivity contribution in [2.24, 2.45) is 11.8 Å². The molecule has 0 radical (unpaired) electrons. The first kappa shape index (κ1) is 14.4. The van der Waals surface area contributed by atoms with Gasteiger partial charge in [0.15, 0.2) is 11.5 Å². The van der Waals surface area contributed by atoms with Crippen LogP contribution in [-0.2, 0) is 0 Å². The summed E-state index contributed by atoms with van der Waals surface area (Å²) in [5, 5.41) is 0. The van der Waals surface area contributed by atoms with Crippen LogP contribution in [0.15, 0.2) is 12.1 Å². The van der Waals surface area contributed by atoms with Gasteiger partial charge in [0.1, 0.15) is 13.2 Å². The van der Waals surface area contributed by atoms with E-state index in [1.54, 1.807) is 0 Å². The number of nitrogen functional groups attached to an aromatic ring is 1. The van der Waals surface area contributed by atoms with E-state index in [2.05, 4.69) is 24.8 Å². The SMILES string of the molecule is CC(C)C1CCCN(c2cc3c(cc2N)OCCO3)CC1. The average Bonchev–Trinajstić information content (AvgIpc) is 2.72. The van der Waals surface area contributed by atoms with E-state index in [0.29, 0.717) is 13.2 Å². The molecule has 2 aliphatic rings. The predicted molar refractivity (Wildman–Crippen MR) is 86.2 cm³/mol. The van der Waals surface area contributed by atoms with Gasteiger partial charge in [0, 0.05) is 25.2 Å². The molecule has 1 unspecified atom stereocenters. The smallest absolute Gasteiger partial charge is 0.163 e. The van der Waals surface area contributed by atoms with E-state index in [-0.39, 0.29) is 0 Å². The summed E-state index contributed by atoms with van der Waals surface area (Å²) >= 11 is 0. The van der Waals surface area contributed by atoms with Gasteiger partial charge >= 0.3 is 0 Å². The number of benzene rings is 1. The highest BCUT2D eigenvalue weighted by molar-refractivity contribution is 5.73. The average molecular weight is 290 g/mol. The second kappa shape index (κ2) is 6.04. The van der Waals surface area contributed by atoms with Crippen LogP contribution in [0, 0.1) is 11.8 Å². The predicted octanol–water partition coefficient (Wildman–Crippen LogP) is 3.30. The van der Waals surface area contributed by atoms with E-state index in [1.165, 1.54) is 19.3 Å². The molecule has 0 aromatic heterocycles. The molecule has 0 bridgehead atoms. The third-order valence-corrected chi connectivity index (χ3v) is 4.75. The first-order valence-corrected chi connectivity index (χ1v) is 8.09. The van der Waals surface area contributed by atoms with Gasteiger partial charge in [-0.1, -0.05) is 13.8 Å². The van der Waals surface area contributed by atoms with Crippen molar-refractivity contribution in [3.05, 3.63) is 12.1 Å². The summed E-state index contributed by atoms with van der Waals surface area (Å²) in [6.45, 7) is 8.04. The van der Waals surface area contributed by atoms with Gasteiger partial charge in [0.05, 0.1) is 11.4 Å². The molecule has 1 aromatic carbocycles. The summed E-state index contributed by atoms with van der Waals surface area (Å²) in [5.74, 6) is 3.20. The fourth-order valence-corrected chi connectivity index (χ4v) is 3.40. The number of fused-ring (bicyclic) bond motifs is 1. The van der Waals surface area contributed by atoms with Crippen molar-refractivity contribution in [3.8, 4) is 11.5 Å². The lowest BCUT2D eigenvalue weighted by Crippen LogP contribution is -2.26. The maximum Gasteiger partial charge on any atom is 0.163 e. The van der Waals surface area contributed by atoms with E-state index < -0.39 is 0 Å². The Morgan fingerprint density at radius 2 is 1.81 bits per heavy atom. The summed E-state index contributed by atoms with van der Waals surface area (Å²) in [6.07, 6.45) is 3.79.